The van der Waals surface area contributed by atoms with Gasteiger partial charge in [0.15, 0.2) is 0 Å². The lowest BCUT2D eigenvalue weighted by atomic mass is 9.76. The van der Waals surface area contributed by atoms with E-state index >= 15 is 0 Å². The molecule has 0 aliphatic heterocycles. The number of rotatable bonds is 2. The predicted octanol–water partition coefficient (Wildman–Crippen LogP) is 1.76. The highest BCUT2D eigenvalue weighted by atomic mass is 16.2. The number of carbonyl (C=O) groups excluding carboxylic acids is 1. The third-order valence-corrected chi connectivity index (χ3v) is 3.55. The fourth-order valence-corrected chi connectivity index (χ4v) is 2.37. The molecule has 0 aromatic rings. The van der Waals surface area contributed by atoms with Gasteiger partial charge in [-0.25, -0.2) is 0 Å². The Labute approximate surface area is 93.0 Å². The zero-order chi connectivity index (χ0) is 11.6. The van der Waals surface area contributed by atoms with E-state index in [0.29, 0.717) is 5.92 Å². The predicted molar refractivity (Wildman–Crippen MR) is 62.5 cm³/mol. The minimum atomic E-state index is -0.601. The van der Waals surface area contributed by atoms with Crippen LogP contribution in [0.4, 0.5) is 0 Å². The van der Waals surface area contributed by atoms with Crippen LogP contribution in [0.15, 0.2) is 0 Å². The molecule has 2 atom stereocenters. The van der Waals surface area contributed by atoms with Crippen molar-refractivity contribution in [3.8, 4) is 0 Å². The standard InChI is InChI=1S/C12H24N2O/c1-9(2)14(4)11(15)12(13)7-5-6-10(3)8-12/h9-10H,5-8,13H2,1-4H3. The summed E-state index contributed by atoms with van der Waals surface area (Å²) >= 11 is 0. The molecule has 0 aromatic carbocycles. The van der Waals surface area contributed by atoms with Gasteiger partial charge in [-0.3, -0.25) is 4.79 Å². The number of nitrogens with zero attached hydrogens (tertiary/aromatic N) is 1. The first kappa shape index (κ1) is 12.5. The molecule has 3 nitrogen and oxygen atoms in total. The number of hydrogen-bond acceptors (Lipinski definition) is 2. The molecule has 88 valence electrons. The van der Waals surface area contributed by atoms with Crippen LogP contribution in [0.2, 0.25) is 0 Å². The van der Waals surface area contributed by atoms with Gasteiger partial charge in [-0.05, 0) is 32.6 Å². The maximum Gasteiger partial charge on any atom is 0.242 e. The molecule has 3 heteroatoms. The van der Waals surface area contributed by atoms with Gasteiger partial charge in [0.25, 0.3) is 0 Å². The third-order valence-electron chi connectivity index (χ3n) is 3.55. The summed E-state index contributed by atoms with van der Waals surface area (Å²) < 4.78 is 0. The number of carbonyl (C=O) groups is 1. The molecule has 0 spiro atoms. The Bertz CT molecular complexity index is 240. The summed E-state index contributed by atoms with van der Waals surface area (Å²) in [6, 6.07) is 0.232. The summed E-state index contributed by atoms with van der Waals surface area (Å²) in [6.45, 7) is 6.23. The summed E-state index contributed by atoms with van der Waals surface area (Å²) in [5.41, 5.74) is 5.64. The molecule has 1 saturated carbocycles. The second-order valence-electron chi connectivity index (χ2n) is 5.37. The van der Waals surface area contributed by atoms with Gasteiger partial charge in [-0.1, -0.05) is 19.8 Å². The first-order valence-corrected chi connectivity index (χ1v) is 5.93. The average Bonchev–Trinajstić information content (AvgIpc) is 2.15. The van der Waals surface area contributed by atoms with Crippen molar-refractivity contribution >= 4 is 5.91 Å². The molecule has 1 rings (SSSR count). The van der Waals surface area contributed by atoms with Crippen molar-refractivity contribution in [2.75, 3.05) is 7.05 Å². The summed E-state index contributed by atoms with van der Waals surface area (Å²) in [6.07, 6.45) is 3.96. The Morgan fingerprint density at radius 3 is 2.60 bits per heavy atom. The second kappa shape index (κ2) is 4.52. The Hall–Kier alpha value is -0.570. The zero-order valence-electron chi connectivity index (χ0n) is 10.4. The van der Waals surface area contributed by atoms with E-state index in [1.54, 1.807) is 4.90 Å². The summed E-state index contributed by atoms with van der Waals surface area (Å²) in [4.78, 5) is 14.0. The molecule has 0 aromatic heterocycles. The highest BCUT2D eigenvalue weighted by Gasteiger charge is 2.40. The molecular weight excluding hydrogens is 188 g/mol. The number of hydrogen-bond donors (Lipinski definition) is 1. The Morgan fingerprint density at radius 1 is 1.53 bits per heavy atom. The second-order valence-corrected chi connectivity index (χ2v) is 5.37. The molecule has 0 heterocycles. The minimum Gasteiger partial charge on any atom is -0.342 e. The molecule has 1 amide bonds. The highest BCUT2D eigenvalue weighted by molar-refractivity contribution is 5.86. The van der Waals surface area contributed by atoms with E-state index in [0.717, 1.165) is 19.3 Å². The van der Waals surface area contributed by atoms with Crippen molar-refractivity contribution in [3.05, 3.63) is 0 Å². The smallest absolute Gasteiger partial charge is 0.242 e. The molecular formula is C12H24N2O. The SMILES string of the molecule is CC1CCCC(N)(C(=O)N(C)C(C)C)C1. The van der Waals surface area contributed by atoms with Crippen molar-refractivity contribution in [1.29, 1.82) is 0 Å². The highest BCUT2D eigenvalue weighted by Crippen LogP contribution is 2.31. The lowest BCUT2D eigenvalue weighted by molar-refractivity contribution is -0.139. The van der Waals surface area contributed by atoms with E-state index in [1.165, 1.54) is 6.42 Å². The first-order chi connectivity index (χ1) is 6.87. The zero-order valence-corrected chi connectivity index (χ0v) is 10.4. The van der Waals surface area contributed by atoms with Crippen molar-refractivity contribution in [2.24, 2.45) is 11.7 Å². The molecule has 0 bridgehead atoms. The molecule has 1 aliphatic carbocycles. The molecule has 2 N–H and O–H groups in total. The van der Waals surface area contributed by atoms with Gasteiger partial charge < -0.3 is 10.6 Å². The summed E-state index contributed by atoms with van der Waals surface area (Å²) in [7, 11) is 1.85. The number of likely N-dealkylation sites (N-methyl/N-ethyl adjacent to an activating group) is 1. The van der Waals surface area contributed by atoms with Gasteiger partial charge in [-0.2, -0.15) is 0 Å². The van der Waals surface area contributed by atoms with Crippen LogP contribution >= 0.6 is 0 Å². The van der Waals surface area contributed by atoms with Crippen molar-refractivity contribution in [1.82, 2.24) is 4.90 Å². The normalized spacial score (nSPS) is 31.7. The van der Waals surface area contributed by atoms with Gasteiger partial charge in [-0.15, -0.1) is 0 Å². The Morgan fingerprint density at radius 2 is 2.13 bits per heavy atom. The van der Waals surface area contributed by atoms with Crippen LogP contribution in [-0.4, -0.2) is 29.4 Å². The van der Waals surface area contributed by atoms with Gasteiger partial charge in [0.1, 0.15) is 0 Å². The number of amides is 1. The molecule has 0 saturated heterocycles. The largest absolute Gasteiger partial charge is 0.342 e. The lowest BCUT2D eigenvalue weighted by Crippen LogP contribution is -2.57. The first-order valence-electron chi connectivity index (χ1n) is 5.93. The molecule has 15 heavy (non-hydrogen) atoms. The number of nitrogens with two attached hydrogens (primary N) is 1. The van der Waals surface area contributed by atoms with E-state index in [1.807, 2.05) is 20.9 Å². The van der Waals surface area contributed by atoms with E-state index in [2.05, 4.69) is 6.92 Å². The van der Waals surface area contributed by atoms with Crippen LogP contribution in [0.25, 0.3) is 0 Å². The average molecular weight is 212 g/mol. The maximum absolute atomic E-state index is 12.2. The Balaban J connectivity index is 2.72. The maximum atomic E-state index is 12.2. The van der Waals surface area contributed by atoms with E-state index < -0.39 is 5.54 Å². The van der Waals surface area contributed by atoms with Gasteiger partial charge >= 0.3 is 0 Å². The van der Waals surface area contributed by atoms with Crippen LogP contribution < -0.4 is 5.73 Å². The van der Waals surface area contributed by atoms with E-state index in [9.17, 15) is 4.79 Å². The molecule has 1 aliphatic rings. The van der Waals surface area contributed by atoms with Crippen LogP contribution in [0.3, 0.4) is 0 Å². The van der Waals surface area contributed by atoms with E-state index in [-0.39, 0.29) is 11.9 Å². The van der Waals surface area contributed by atoms with Crippen molar-refractivity contribution < 1.29 is 4.79 Å². The lowest BCUT2D eigenvalue weighted by Gasteiger charge is -2.39. The van der Waals surface area contributed by atoms with Gasteiger partial charge in [0.05, 0.1) is 5.54 Å². The van der Waals surface area contributed by atoms with Gasteiger partial charge in [0, 0.05) is 13.1 Å². The Kier molecular flexibility index (Phi) is 3.77. The van der Waals surface area contributed by atoms with Crippen molar-refractivity contribution in [2.45, 2.75) is 58.0 Å². The van der Waals surface area contributed by atoms with Crippen LogP contribution in [0.5, 0.6) is 0 Å². The fourth-order valence-electron chi connectivity index (χ4n) is 2.37. The summed E-state index contributed by atoms with van der Waals surface area (Å²) in [5, 5.41) is 0. The van der Waals surface area contributed by atoms with Gasteiger partial charge in [0.2, 0.25) is 5.91 Å². The quantitative estimate of drug-likeness (QED) is 0.758. The molecule has 1 fully saturated rings. The minimum absolute atomic E-state index is 0.115. The fraction of sp³-hybridized carbons (Fsp3) is 0.917. The molecule has 2 unspecified atom stereocenters. The van der Waals surface area contributed by atoms with Crippen LogP contribution in [-0.2, 0) is 4.79 Å². The molecule has 0 radical (unpaired) electrons. The topological polar surface area (TPSA) is 46.3 Å². The monoisotopic (exact) mass is 212 g/mol. The van der Waals surface area contributed by atoms with E-state index in [4.69, 9.17) is 5.73 Å². The summed E-state index contributed by atoms with van der Waals surface area (Å²) in [5.74, 6) is 0.692. The van der Waals surface area contributed by atoms with Crippen LogP contribution in [0, 0.1) is 5.92 Å². The van der Waals surface area contributed by atoms with Crippen molar-refractivity contribution in [3.63, 3.8) is 0 Å². The third kappa shape index (κ3) is 2.71. The van der Waals surface area contributed by atoms with Crippen LogP contribution in [0.1, 0.15) is 46.5 Å².